The average molecular weight is 313 g/mol. The number of fused-ring (bicyclic) bond motifs is 1. The van der Waals surface area contributed by atoms with Crippen LogP contribution in [-0.2, 0) is 6.42 Å². The molecule has 0 unspecified atom stereocenters. The topological polar surface area (TPSA) is 56.3 Å². The van der Waals surface area contributed by atoms with Gasteiger partial charge in [-0.15, -0.1) is 6.58 Å². The Bertz CT molecular complexity index is 611. The minimum atomic E-state index is 0.716. The van der Waals surface area contributed by atoms with Gasteiger partial charge in [0.25, 0.3) is 0 Å². The van der Waals surface area contributed by atoms with Gasteiger partial charge >= 0.3 is 0 Å². The molecule has 0 amide bonds. The molecule has 0 spiro atoms. The van der Waals surface area contributed by atoms with Crippen LogP contribution in [0.15, 0.2) is 41.9 Å². The molecule has 5 heteroatoms. The normalized spacial score (nSPS) is 11.7. The summed E-state index contributed by atoms with van der Waals surface area (Å²) in [5, 5.41) is 3.34. The monoisotopic (exact) mass is 313 g/mol. The molecule has 2 rings (SSSR count). The van der Waals surface area contributed by atoms with Crippen molar-refractivity contribution in [3.8, 4) is 0 Å². The van der Waals surface area contributed by atoms with Crippen molar-refractivity contribution >= 4 is 17.0 Å². The van der Waals surface area contributed by atoms with Crippen molar-refractivity contribution in [3.05, 3.63) is 42.7 Å². The van der Waals surface area contributed by atoms with Crippen LogP contribution in [-0.4, -0.2) is 47.5 Å². The van der Waals surface area contributed by atoms with Gasteiger partial charge in [-0.3, -0.25) is 4.99 Å². The highest BCUT2D eigenvalue weighted by Crippen LogP contribution is 2.10. The molecule has 0 radical (unpaired) electrons. The van der Waals surface area contributed by atoms with E-state index in [9.17, 15) is 0 Å². The molecule has 23 heavy (non-hydrogen) atoms. The second-order valence-corrected chi connectivity index (χ2v) is 5.54. The van der Waals surface area contributed by atoms with Crippen LogP contribution in [0.4, 0.5) is 0 Å². The zero-order valence-electron chi connectivity index (χ0n) is 14.2. The van der Waals surface area contributed by atoms with Crippen LogP contribution < -0.4 is 5.32 Å². The predicted molar refractivity (Wildman–Crippen MR) is 97.8 cm³/mol. The van der Waals surface area contributed by atoms with Gasteiger partial charge in [-0.25, -0.2) is 4.98 Å². The number of rotatable bonds is 8. The van der Waals surface area contributed by atoms with Crippen LogP contribution in [0.5, 0.6) is 0 Å². The van der Waals surface area contributed by atoms with E-state index in [4.69, 9.17) is 4.99 Å². The summed E-state index contributed by atoms with van der Waals surface area (Å²) in [5.74, 6) is 1.94. The number of H-pyrrole nitrogens is 1. The summed E-state index contributed by atoms with van der Waals surface area (Å²) >= 11 is 0. The fourth-order valence-corrected chi connectivity index (χ4v) is 2.44. The Morgan fingerprint density at radius 2 is 2.26 bits per heavy atom. The molecule has 0 aliphatic heterocycles. The number of para-hydroxylation sites is 2. The SMILES string of the molecule is C=CCCCN(C)C(=NCCc1nc2ccccc2[nH]1)NCC. The predicted octanol–water partition coefficient (Wildman–Crippen LogP) is 2.97. The van der Waals surface area contributed by atoms with E-state index in [1.54, 1.807) is 0 Å². The first kappa shape index (κ1) is 17.1. The van der Waals surface area contributed by atoms with Crippen molar-refractivity contribution in [2.24, 2.45) is 4.99 Å². The van der Waals surface area contributed by atoms with Crippen LogP contribution in [0.25, 0.3) is 11.0 Å². The van der Waals surface area contributed by atoms with Crippen LogP contribution in [0.2, 0.25) is 0 Å². The number of hydrogen-bond donors (Lipinski definition) is 2. The number of unbranched alkanes of at least 4 members (excludes halogenated alkanes) is 1. The zero-order valence-corrected chi connectivity index (χ0v) is 14.2. The third kappa shape index (κ3) is 5.13. The van der Waals surface area contributed by atoms with Crippen LogP contribution in [0.3, 0.4) is 0 Å². The van der Waals surface area contributed by atoms with Gasteiger partial charge in [-0.1, -0.05) is 18.2 Å². The van der Waals surface area contributed by atoms with Crippen molar-refractivity contribution < 1.29 is 0 Å². The van der Waals surface area contributed by atoms with Gasteiger partial charge in [0.2, 0.25) is 0 Å². The smallest absolute Gasteiger partial charge is 0.193 e. The maximum Gasteiger partial charge on any atom is 0.193 e. The molecule has 0 aliphatic carbocycles. The van der Waals surface area contributed by atoms with E-state index >= 15 is 0 Å². The fraction of sp³-hybridized carbons (Fsp3) is 0.444. The molecule has 5 nitrogen and oxygen atoms in total. The summed E-state index contributed by atoms with van der Waals surface area (Å²) in [5.41, 5.74) is 2.10. The van der Waals surface area contributed by atoms with Gasteiger partial charge in [-0.05, 0) is 31.9 Å². The number of aromatic amines is 1. The fourth-order valence-electron chi connectivity index (χ4n) is 2.44. The summed E-state index contributed by atoms with van der Waals surface area (Å²) < 4.78 is 0. The molecule has 2 N–H and O–H groups in total. The number of nitrogens with one attached hydrogen (secondary N) is 2. The maximum atomic E-state index is 4.70. The Labute approximate surface area is 138 Å². The minimum Gasteiger partial charge on any atom is -0.357 e. The van der Waals surface area contributed by atoms with Gasteiger partial charge in [0, 0.05) is 33.1 Å². The maximum absolute atomic E-state index is 4.70. The van der Waals surface area contributed by atoms with Crippen LogP contribution in [0, 0.1) is 0 Å². The van der Waals surface area contributed by atoms with Crippen molar-refractivity contribution in [1.82, 2.24) is 20.2 Å². The van der Waals surface area contributed by atoms with Crippen LogP contribution >= 0.6 is 0 Å². The highest BCUT2D eigenvalue weighted by atomic mass is 15.3. The number of aromatic nitrogens is 2. The van der Waals surface area contributed by atoms with Gasteiger partial charge in [0.05, 0.1) is 11.0 Å². The molecule has 0 fully saturated rings. The van der Waals surface area contributed by atoms with E-state index in [-0.39, 0.29) is 0 Å². The number of hydrogen-bond acceptors (Lipinski definition) is 2. The minimum absolute atomic E-state index is 0.716. The van der Waals surface area contributed by atoms with E-state index in [2.05, 4.69) is 40.7 Å². The third-order valence-electron chi connectivity index (χ3n) is 3.65. The quantitative estimate of drug-likeness (QED) is 0.341. The number of allylic oxidation sites excluding steroid dienone is 1. The summed E-state index contributed by atoms with van der Waals surface area (Å²) in [6.07, 6.45) is 4.89. The number of nitrogens with zero attached hydrogens (tertiary/aromatic N) is 3. The Balaban J connectivity index is 1.92. The first-order valence-electron chi connectivity index (χ1n) is 8.28. The molecule has 124 valence electrons. The molecule has 1 aromatic heterocycles. The molecule has 0 atom stereocenters. The second kappa shape index (κ2) is 8.98. The number of imidazole rings is 1. The lowest BCUT2D eigenvalue weighted by Gasteiger charge is -2.21. The first-order chi connectivity index (χ1) is 11.2. The van der Waals surface area contributed by atoms with Crippen molar-refractivity contribution in [2.75, 3.05) is 26.7 Å². The van der Waals surface area contributed by atoms with E-state index in [0.717, 1.165) is 55.2 Å². The molecule has 2 aromatic rings. The largest absolute Gasteiger partial charge is 0.357 e. The van der Waals surface area contributed by atoms with Crippen molar-refractivity contribution in [1.29, 1.82) is 0 Å². The first-order valence-corrected chi connectivity index (χ1v) is 8.28. The second-order valence-electron chi connectivity index (χ2n) is 5.54. The highest BCUT2D eigenvalue weighted by molar-refractivity contribution is 5.79. The number of aliphatic imine (C=N–C) groups is 1. The number of guanidine groups is 1. The summed E-state index contributed by atoms with van der Waals surface area (Å²) in [6.45, 7) is 8.42. The molecular formula is C18H27N5. The van der Waals surface area contributed by atoms with Gasteiger partial charge in [0.1, 0.15) is 5.82 Å². The van der Waals surface area contributed by atoms with Gasteiger partial charge in [0.15, 0.2) is 5.96 Å². The van der Waals surface area contributed by atoms with Gasteiger partial charge < -0.3 is 15.2 Å². The molecule has 0 saturated heterocycles. The molecular weight excluding hydrogens is 286 g/mol. The standard InChI is InChI=1S/C18H27N5/c1-4-6-9-14-23(3)18(19-5-2)20-13-12-17-21-15-10-7-8-11-16(15)22-17/h4,7-8,10-11H,1,5-6,9,12-14H2,2-3H3,(H,19,20)(H,21,22). The van der Waals surface area contributed by atoms with Crippen molar-refractivity contribution in [2.45, 2.75) is 26.2 Å². The number of benzene rings is 1. The van der Waals surface area contributed by atoms with E-state index in [1.807, 2.05) is 30.3 Å². The van der Waals surface area contributed by atoms with Gasteiger partial charge in [-0.2, -0.15) is 0 Å². The summed E-state index contributed by atoms with van der Waals surface area (Å²) in [7, 11) is 2.08. The van der Waals surface area contributed by atoms with E-state index in [1.165, 1.54) is 0 Å². The van der Waals surface area contributed by atoms with Crippen LogP contribution in [0.1, 0.15) is 25.6 Å². The lowest BCUT2D eigenvalue weighted by molar-refractivity contribution is 0.470. The van der Waals surface area contributed by atoms with E-state index < -0.39 is 0 Å². The molecule has 0 bridgehead atoms. The Morgan fingerprint density at radius 1 is 1.43 bits per heavy atom. The average Bonchev–Trinajstić information content (AvgIpc) is 2.97. The summed E-state index contributed by atoms with van der Waals surface area (Å²) in [4.78, 5) is 14.8. The highest BCUT2D eigenvalue weighted by Gasteiger charge is 2.05. The zero-order chi connectivity index (χ0) is 16.5. The third-order valence-corrected chi connectivity index (χ3v) is 3.65. The van der Waals surface area contributed by atoms with Crippen molar-refractivity contribution in [3.63, 3.8) is 0 Å². The lowest BCUT2D eigenvalue weighted by Crippen LogP contribution is -2.39. The molecule has 1 heterocycles. The molecule has 1 aromatic carbocycles. The molecule has 0 aliphatic rings. The summed E-state index contributed by atoms with van der Waals surface area (Å²) in [6, 6.07) is 8.10. The molecule has 0 saturated carbocycles. The Morgan fingerprint density at radius 3 is 3.00 bits per heavy atom. The van der Waals surface area contributed by atoms with E-state index in [0.29, 0.717) is 6.54 Å². The lowest BCUT2D eigenvalue weighted by atomic mass is 10.3. The Hall–Kier alpha value is -2.30. The Kier molecular flexibility index (Phi) is 6.66.